The molecule has 1 amide bonds. The lowest BCUT2D eigenvalue weighted by Gasteiger charge is -2.23. The predicted molar refractivity (Wildman–Crippen MR) is 82.6 cm³/mol. The molecule has 0 bridgehead atoms. The molecule has 0 saturated heterocycles. The van der Waals surface area contributed by atoms with E-state index >= 15 is 0 Å². The molecule has 2 rings (SSSR count). The fourth-order valence-corrected chi connectivity index (χ4v) is 2.57. The van der Waals surface area contributed by atoms with Crippen LogP contribution in [0.4, 0.5) is 14.5 Å². The summed E-state index contributed by atoms with van der Waals surface area (Å²) < 4.78 is 28.2. The molecule has 0 aromatic heterocycles. The number of anilines is 1. The molecule has 110 valence electrons. The standard InChI is InChI=1S/C16H14BrF2NO/c1-3-20(14-7-5-4-6-10(14)2)16(21)15-12(18)8-11(17)9-13(15)19/h4-9H,3H2,1-2H3. The summed E-state index contributed by atoms with van der Waals surface area (Å²) in [6.45, 7) is 3.93. The first-order valence-electron chi connectivity index (χ1n) is 6.47. The number of benzene rings is 2. The van der Waals surface area contributed by atoms with Crippen LogP contribution in [0.2, 0.25) is 0 Å². The molecule has 0 N–H and O–H groups in total. The normalized spacial score (nSPS) is 10.5. The first-order chi connectivity index (χ1) is 9.95. The first kappa shape index (κ1) is 15.6. The second-order valence-electron chi connectivity index (χ2n) is 4.58. The Morgan fingerprint density at radius 2 is 1.76 bits per heavy atom. The number of rotatable bonds is 3. The quantitative estimate of drug-likeness (QED) is 0.782. The zero-order valence-electron chi connectivity index (χ0n) is 11.7. The van der Waals surface area contributed by atoms with Gasteiger partial charge in [0.1, 0.15) is 17.2 Å². The Hall–Kier alpha value is -1.75. The Labute approximate surface area is 130 Å². The summed E-state index contributed by atoms with van der Waals surface area (Å²) in [6.07, 6.45) is 0. The molecule has 0 atom stereocenters. The van der Waals surface area contributed by atoms with Crippen molar-refractivity contribution in [1.29, 1.82) is 0 Å². The molecule has 0 unspecified atom stereocenters. The molecule has 2 aromatic carbocycles. The maximum Gasteiger partial charge on any atom is 0.264 e. The van der Waals surface area contributed by atoms with Crippen LogP contribution in [0.15, 0.2) is 40.9 Å². The molecule has 5 heteroatoms. The highest BCUT2D eigenvalue weighted by atomic mass is 79.9. The van der Waals surface area contributed by atoms with Crippen LogP contribution in [-0.4, -0.2) is 12.5 Å². The second-order valence-corrected chi connectivity index (χ2v) is 5.50. The second kappa shape index (κ2) is 6.35. The number of halogens is 3. The molecule has 0 heterocycles. The lowest BCUT2D eigenvalue weighted by atomic mass is 10.1. The Balaban J connectivity index is 2.50. The average Bonchev–Trinajstić information content (AvgIpc) is 2.40. The third-order valence-corrected chi connectivity index (χ3v) is 3.65. The minimum atomic E-state index is -0.876. The molecule has 21 heavy (non-hydrogen) atoms. The molecular weight excluding hydrogens is 340 g/mol. The number of carbonyl (C=O) groups is 1. The van der Waals surface area contributed by atoms with Gasteiger partial charge in [-0.15, -0.1) is 0 Å². The number of para-hydroxylation sites is 1. The summed E-state index contributed by atoms with van der Waals surface area (Å²) in [5, 5.41) is 0. The Kier molecular flexibility index (Phi) is 4.73. The highest BCUT2D eigenvalue weighted by molar-refractivity contribution is 9.10. The van der Waals surface area contributed by atoms with Crippen molar-refractivity contribution in [3.8, 4) is 0 Å². The van der Waals surface area contributed by atoms with Crippen molar-refractivity contribution in [2.75, 3.05) is 11.4 Å². The van der Waals surface area contributed by atoms with E-state index in [0.717, 1.165) is 17.7 Å². The van der Waals surface area contributed by atoms with Gasteiger partial charge >= 0.3 is 0 Å². The maximum absolute atomic E-state index is 14.0. The summed E-state index contributed by atoms with van der Waals surface area (Å²) in [7, 11) is 0. The van der Waals surface area contributed by atoms with Gasteiger partial charge in [-0.2, -0.15) is 0 Å². The predicted octanol–water partition coefficient (Wildman–Crippen LogP) is 4.70. The van der Waals surface area contributed by atoms with Gasteiger partial charge in [0.15, 0.2) is 0 Å². The summed E-state index contributed by atoms with van der Waals surface area (Å²) in [5.74, 6) is -2.44. The fraction of sp³-hybridized carbons (Fsp3) is 0.188. The zero-order valence-corrected chi connectivity index (χ0v) is 13.2. The van der Waals surface area contributed by atoms with Crippen LogP contribution in [-0.2, 0) is 0 Å². The van der Waals surface area contributed by atoms with Crippen LogP contribution < -0.4 is 4.90 Å². The van der Waals surface area contributed by atoms with E-state index in [1.165, 1.54) is 4.90 Å². The van der Waals surface area contributed by atoms with E-state index in [4.69, 9.17) is 0 Å². The van der Waals surface area contributed by atoms with Crippen molar-refractivity contribution < 1.29 is 13.6 Å². The van der Waals surface area contributed by atoms with E-state index < -0.39 is 23.1 Å². The largest absolute Gasteiger partial charge is 0.308 e. The van der Waals surface area contributed by atoms with E-state index in [0.29, 0.717) is 12.2 Å². The maximum atomic E-state index is 14.0. The summed E-state index contributed by atoms with van der Waals surface area (Å²) in [6, 6.07) is 9.40. The van der Waals surface area contributed by atoms with E-state index in [2.05, 4.69) is 15.9 Å². The zero-order chi connectivity index (χ0) is 15.6. The van der Waals surface area contributed by atoms with Gasteiger partial charge in [-0.3, -0.25) is 4.79 Å². The van der Waals surface area contributed by atoms with Gasteiger partial charge in [0, 0.05) is 16.7 Å². The molecule has 0 fully saturated rings. The van der Waals surface area contributed by atoms with Crippen molar-refractivity contribution in [2.24, 2.45) is 0 Å². The van der Waals surface area contributed by atoms with E-state index in [1.54, 1.807) is 19.1 Å². The van der Waals surface area contributed by atoms with Crippen molar-refractivity contribution in [3.05, 3.63) is 63.6 Å². The van der Waals surface area contributed by atoms with E-state index in [-0.39, 0.29) is 4.47 Å². The minimum absolute atomic E-state index is 0.257. The highest BCUT2D eigenvalue weighted by Gasteiger charge is 2.24. The highest BCUT2D eigenvalue weighted by Crippen LogP contribution is 2.25. The number of hydrogen-bond donors (Lipinski definition) is 0. The number of aryl methyl sites for hydroxylation is 1. The Morgan fingerprint density at radius 3 is 2.29 bits per heavy atom. The van der Waals surface area contributed by atoms with Gasteiger partial charge < -0.3 is 4.90 Å². The topological polar surface area (TPSA) is 20.3 Å². The molecular formula is C16H14BrF2NO. The van der Waals surface area contributed by atoms with Crippen LogP contribution in [0, 0.1) is 18.6 Å². The number of nitrogens with zero attached hydrogens (tertiary/aromatic N) is 1. The van der Waals surface area contributed by atoms with Crippen LogP contribution in [0.5, 0.6) is 0 Å². The van der Waals surface area contributed by atoms with Crippen molar-refractivity contribution in [1.82, 2.24) is 0 Å². The molecule has 2 aromatic rings. The van der Waals surface area contributed by atoms with Gasteiger partial charge in [-0.05, 0) is 37.6 Å². The smallest absolute Gasteiger partial charge is 0.264 e. The van der Waals surface area contributed by atoms with Crippen molar-refractivity contribution in [2.45, 2.75) is 13.8 Å². The summed E-state index contributed by atoms with van der Waals surface area (Å²) >= 11 is 3.00. The molecule has 0 aliphatic heterocycles. The first-order valence-corrected chi connectivity index (χ1v) is 7.27. The fourth-order valence-electron chi connectivity index (χ4n) is 2.17. The van der Waals surface area contributed by atoms with Gasteiger partial charge in [0.25, 0.3) is 5.91 Å². The molecule has 0 saturated carbocycles. The molecule has 0 radical (unpaired) electrons. The third-order valence-electron chi connectivity index (χ3n) is 3.19. The number of hydrogen-bond acceptors (Lipinski definition) is 1. The van der Waals surface area contributed by atoms with Gasteiger partial charge in [-0.1, -0.05) is 34.1 Å². The van der Waals surface area contributed by atoms with E-state index in [9.17, 15) is 13.6 Å². The summed E-state index contributed by atoms with van der Waals surface area (Å²) in [4.78, 5) is 13.9. The molecule has 0 aliphatic rings. The molecule has 0 aliphatic carbocycles. The van der Waals surface area contributed by atoms with Gasteiger partial charge in [-0.25, -0.2) is 8.78 Å². The minimum Gasteiger partial charge on any atom is -0.308 e. The SMILES string of the molecule is CCN(C(=O)c1c(F)cc(Br)cc1F)c1ccccc1C. The Morgan fingerprint density at radius 1 is 1.19 bits per heavy atom. The Bertz CT molecular complexity index is 665. The van der Waals surface area contributed by atoms with Crippen molar-refractivity contribution in [3.63, 3.8) is 0 Å². The number of carbonyl (C=O) groups excluding carboxylic acids is 1. The average molecular weight is 354 g/mol. The third kappa shape index (κ3) is 3.13. The van der Waals surface area contributed by atoms with Crippen molar-refractivity contribution >= 4 is 27.5 Å². The lowest BCUT2D eigenvalue weighted by molar-refractivity contribution is 0.0980. The van der Waals surface area contributed by atoms with Crippen LogP contribution in [0.3, 0.4) is 0 Å². The molecule has 2 nitrogen and oxygen atoms in total. The molecule has 0 spiro atoms. The van der Waals surface area contributed by atoms with Crippen LogP contribution in [0.1, 0.15) is 22.8 Å². The number of amides is 1. The van der Waals surface area contributed by atoms with Gasteiger partial charge in [0.2, 0.25) is 0 Å². The van der Waals surface area contributed by atoms with Gasteiger partial charge in [0.05, 0.1) is 0 Å². The van der Waals surface area contributed by atoms with E-state index in [1.807, 2.05) is 19.1 Å². The lowest BCUT2D eigenvalue weighted by Crippen LogP contribution is -2.32. The van der Waals surface area contributed by atoms with Crippen LogP contribution in [0.25, 0.3) is 0 Å². The summed E-state index contributed by atoms with van der Waals surface area (Å²) in [5.41, 5.74) is 0.973. The van der Waals surface area contributed by atoms with Crippen LogP contribution >= 0.6 is 15.9 Å². The monoisotopic (exact) mass is 353 g/mol.